The normalized spacial score (nSPS) is 11.2. The van der Waals surface area contributed by atoms with Gasteiger partial charge in [0.1, 0.15) is 23.2 Å². The van der Waals surface area contributed by atoms with Crippen molar-refractivity contribution in [2.24, 2.45) is 0 Å². The molecule has 0 atom stereocenters. The van der Waals surface area contributed by atoms with Crippen LogP contribution in [0.4, 0.5) is 0 Å². The maximum Gasteiger partial charge on any atom is 0.221 e. The van der Waals surface area contributed by atoms with E-state index in [1.807, 2.05) is 0 Å². The van der Waals surface area contributed by atoms with Gasteiger partial charge in [0, 0.05) is 20.0 Å². The molecular formula is C26H32N2OP+. The van der Waals surface area contributed by atoms with Crippen LogP contribution in [0.25, 0.3) is 0 Å². The fraction of sp³-hybridized carbons (Fsp3) is 0.269. The number of rotatable bonds is 11. The van der Waals surface area contributed by atoms with Crippen molar-refractivity contribution < 1.29 is 4.79 Å². The fourth-order valence-corrected chi connectivity index (χ4v) is 8.34. The molecule has 3 aromatic rings. The first-order chi connectivity index (χ1) is 14.8. The first-order valence-corrected chi connectivity index (χ1v) is 12.7. The third-order valence-electron chi connectivity index (χ3n) is 5.50. The molecule has 0 aliphatic carbocycles. The van der Waals surface area contributed by atoms with E-state index >= 15 is 0 Å². The van der Waals surface area contributed by atoms with Crippen LogP contribution >= 0.6 is 7.26 Å². The Morgan fingerprint density at radius 2 is 1.17 bits per heavy atom. The third-order valence-corrected chi connectivity index (χ3v) is 10.0. The van der Waals surface area contributed by atoms with Crippen LogP contribution in [-0.4, -0.2) is 32.2 Å². The fourth-order valence-electron chi connectivity index (χ4n) is 3.93. The maximum atomic E-state index is 11.4. The predicted octanol–water partition coefficient (Wildman–Crippen LogP) is 3.49. The highest BCUT2D eigenvalue weighted by Gasteiger charge is 2.44. The number of amides is 1. The van der Waals surface area contributed by atoms with Crippen LogP contribution in [0.1, 0.15) is 19.3 Å². The molecule has 30 heavy (non-hydrogen) atoms. The molecule has 0 aliphatic rings. The summed E-state index contributed by atoms with van der Waals surface area (Å²) >= 11 is 0. The van der Waals surface area contributed by atoms with E-state index in [-0.39, 0.29) is 5.91 Å². The van der Waals surface area contributed by atoms with Crippen molar-refractivity contribution >= 4 is 29.1 Å². The summed E-state index contributed by atoms with van der Waals surface area (Å²) in [7, 11) is -0.0384. The first-order valence-electron chi connectivity index (χ1n) is 10.7. The Bertz CT molecular complexity index is 788. The molecule has 3 rings (SSSR count). The highest BCUT2D eigenvalue weighted by Crippen LogP contribution is 2.55. The Kier molecular flexibility index (Phi) is 8.62. The van der Waals surface area contributed by atoms with Crippen LogP contribution in [0.2, 0.25) is 0 Å². The van der Waals surface area contributed by atoms with Crippen molar-refractivity contribution in [1.29, 1.82) is 0 Å². The molecule has 156 valence electrons. The van der Waals surface area contributed by atoms with E-state index in [0.29, 0.717) is 6.42 Å². The topological polar surface area (TPSA) is 41.1 Å². The van der Waals surface area contributed by atoms with E-state index in [1.165, 1.54) is 15.9 Å². The second kappa shape index (κ2) is 11.6. The average molecular weight is 420 g/mol. The molecule has 0 heterocycles. The van der Waals surface area contributed by atoms with Gasteiger partial charge in [0.2, 0.25) is 5.91 Å². The molecule has 2 N–H and O–H groups in total. The maximum absolute atomic E-state index is 11.4. The summed E-state index contributed by atoms with van der Waals surface area (Å²) in [5.41, 5.74) is 0. The van der Waals surface area contributed by atoms with E-state index in [2.05, 4.69) is 102 Å². The summed E-state index contributed by atoms with van der Waals surface area (Å²) in [6.07, 6.45) is 3.91. The van der Waals surface area contributed by atoms with Crippen LogP contribution in [0, 0.1) is 0 Å². The van der Waals surface area contributed by atoms with Gasteiger partial charge in [0.25, 0.3) is 0 Å². The van der Waals surface area contributed by atoms with E-state index in [4.69, 9.17) is 0 Å². The molecule has 0 saturated carbocycles. The standard InChI is InChI=1S/C26H31N2OP/c1-27-26(29)19-21-28-20-11-12-22-30(23-13-5-2-6-14-23,24-15-7-3-8-16-24)25-17-9-4-10-18-25/h2-10,13-18,28H,11-12,19-22H2,1H3/p+1. The van der Waals surface area contributed by atoms with Crippen LogP contribution in [-0.2, 0) is 4.79 Å². The van der Waals surface area contributed by atoms with Crippen molar-refractivity contribution in [2.45, 2.75) is 19.3 Å². The molecule has 0 saturated heterocycles. The minimum atomic E-state index is -1.72. The van der Waals surface area contributed by atoms with Gasteiger partial charge < -0.3 is 10.6 Å². The van der Waals surface area contributed by atoms with E-state index < -0.39 is 7.26 Å². The van der Waals surface area contributed by atoms with Gasteiger partial charge >= 0.3 is 0 Å². The SMILES string of the molecule is CNC(=O)CCNCCCC[P+](c1ccccc1)(c1ccccc1)c1ccccc1. The zero-order chi connectivity index (χ0) is 21.1. The van der Waals surface area contributed by atoms with Crippen molar-refractivity contribution in [3.63, 3.8) is 0 Å². The summed E-state index contributed by atoms with van der Waals surface area (Å²) in [6.45, 7) is 1.67. The molecule has 4 heteroatoms. The molecule has 3 aromatic carbocycles. The molecule has 1 amide bonds. The number of carbonyl (C=O) groups is 1. The van der Waals surface area contributed by atoms with Crippen molar-refractivity contribution in [1.82, 2.24) is 10.6 Å². The monoisotopic (exact) mass is 419 g/mol. The Morgan fingerprint density at radius 3 is 1.60 bits per heavy atom. The van der Waals surface area contributed by atoms with E-state index in [9.17, 15) is 4.79 Å². The lowest BCUT2D eigenvalue weighted by atomic mass is 10.3. The van der Waals surface area contributed by atoms with Crippen molar-refractivity contribution in [2.75, 3.05) is 26.3 Å². The van der Waals surface area contributed by atoms with Gasteiger partial charge in [-0.25, -0.2) is 0 Å². The van der Waals surface area contributed by atoms with Crippen LogP contribution in [0.15, 0.2) is 91.0 Å². The second-order valence-electron chi connectivity index (χ2n) is 7.42. The number of benzene rings is 3. The van der Waals surface area contributed by atoms with Gasteiger partial charge in [-0.1, -0.05) is 54.6 Å². The predicted molar refractivity (Wildman–Crippen MR) is 131 cm³/mol. The van der Waals surface area contributed by atoms with Gasteiger partial charge in [-0.15, -0.1) is 0 Å². The smallest absolute Gasteiger partial charge is 0.221 e. The molecule has 0 bridgehead atoms. The Morgan fingerprint density at radius 1 is 0.700 bits per heavy atom. The lowest BCUT2D eigenvalue weighted by molar-refractivity contribution is -0.120. The van der Waals surface area contributed by atoms with Gasteiger partial charge in [-0.3, -0.25) is 4.79 Å². The summed E-state index contributed by atoms with van der Waals surface area (Å²) in [6, 6.07) is 33.1. The summed E-state index contributed by atoms with van der Waals surface area (Å²) in [5, 5.41) is 10.4. The molecule has 0 aromatic heterocycles. The largest absolute Gasteiger partial charge is 0.359 e. The molecular weight excluding hydrogens is 387 g/mol. The van der Waals surface area contributed by atoms with E-state index in [0.717, 1.165) is 32.1 Å². The van der Waals surface area contributed by atoms with Crippen molar-refractivity contribution in [3.05, 3.63) is 91.0 Å². The molecule has 0 aliphatic heterocycles. The zero-order valence-corrected chi connectivity index (χ0v) is 18.7. The number of carbonyl (C=O) groups excluding carboxylic acids is 1. The van der Waals surface area contributed by atoms with Gasteiger partial charge in [0.05, 0.1) is 6.16 Å². The number of hydrogen-bond donors (Lipinski definition) is 2. The molecule has 0 spiro atoms. The van der Waals surface area contributed by atoms with Gasteiger partial charge in [-0.05, 0) is 55.8 Å². The molecule has 0 fully saturated rings. The quantitative estimate of drug-likeness (QED) is 0.369. The number of nitrogens with one attached hydrogen (secondary N) is 2. The lowest BCUT2D eigenvalue weighted by Gasteiger charge is -2.27. The van der Waals surface area contributed by atoms with Gasteiger partial charge in [0.15, 0.2) is 0 Å². The minimum Gasteiger partial charge on any atom is -0.359 e. The number of unbranched alkanes of at least 4 members (excludes halogenated alkanes) is 1. The molecule has 0 unspecified atom stereocenters. The highest BCUT2D eigenvalue weighted by molar-refractivity contribution is 7.95. The lowest BCUT2D eigenvalue weighted by Crippen LogP contribution is -2.33. The summed E-state index contributed by atoms with van der Waals surface area (Å²) in [5.74, 6) is 0.0877. The van der Waals surface area contributed by atoms with Crippen LogP contribution in [0.5, 0.6) is 0 Å². The van der Waals surface area contributed by atoms with E-state index in [1.54, 1.807) is 7.05 Å². The Labute approximate surface area is 181 Å². The number of hydrogen-bond acceptors (Lipinski definition) is 2. The summed E-state index contributed by atoms with van der Waals surface area (Å²) < 4.78 is 0. The summed E-state index contributed by atoms with van der Waals surface area (Å²) in [4.78, 5) is 11.4. The Balaban J connectivity index is 1.80. The van der Waals surface area contributed by atoms with Crippen molar-refractivity contribution in [3.8, 4) is 0 Å². The molecule has 3 nitrogen and oxygen atoms in total. The van der Waals surface area contributed by atoms with Crippen LogP contribution < -0.4 is 26.5 Å². The second-order valence-corrected chi connectivity index (χ2v) is 11.0. The Hall–Kier alpha value is -2.48. The highest BCUT2D eigenvalue weighted by atomic mass is 31.2. The minimum absolute atomic E-state index is 0.0877. The van der Waals surface area contributed by atoms with Gasteiger partial charge in [-0.2, -0.15) is 0 Å². The average Bonchev–Trinajstić information content (AvgIpc) is 2.82. The molecule has 0 radical (unpaired) electrons. The first kappa shape index (κ1) is 22.2. The van der Waals surface area contributed by atoms with Crippen LogP contribution in [0.3, 0.4) is 0 Å². The zero-order valence-electron chi connectivity index (χ0n) is 17.8. The third kappa shape index (κ3) is 5.56.